The molecule has 26 heavy (non-hydrogen) atoms. The number of anilines is 1. The maximum Gasteiger partial charge on any atom is 0.153 e. The first-order valence-electron chi connectivity index (χ1n) is 8.46. The molecule has 0 amide bonds. The van der Waals surface area contributed by atoms with E-state index in [9.17, 15) is 5.11 Å². The number of rotatable bonds is 3. The van der Waals surface area contributed by atoms with Crippen molar-refractivity contribution in [1.82, 2.24) is 19.7 Å². The first-order chi connectivity index (χ1) is 12.5. The fourth-order valence-corrected chi connectivity index (χ4v) is 3.27. The Bertz CT molecular complexity index is 973. The summed E-state index contributed by atoms with van der Waals surface area (Å²) in [6.45, 7) is 3.83. The minimum atomic E-state index is -0.00486. The zero-order valence-corrected chi connectivity index (χ0v) is 15.0. The van der Waals surface area contributed by atoms with Crippen molar-refractivity contribution in [2.24, 2.45) is 12.1 Å². The molecular weight excluding hydrogens is 328 g/mol. The van der Waals surface area contributed by atoms with Gasteiger partial charge in [-0.3, -0.25) is 4.68 Å². The second-order valence-corrected chi connectivity index (χ2v) is 6.52. The Kier molecular flexibility index (Phi) is 3.91. The number of aryl methyl sites for hydroxylation is 3. The number of benzene rings is 1. The molecule has 0 fully saturated rings. The Morgan fingerprint density at radius 3 is 2.69 bits per heavy atom. The molecular formula is C19H20N6O. The minimum absolute atomic E-state index is 0.00486. The molecule has 0 aliphatic carbocycles. The highest BCUT2D eigenvalue weighted by molar-refractivity contribution is 6.03. The third-order valence-corrected chi connectivity index (χ3v) is 4.39. The molecule has 0 radical (unpaired) electrons. The molecule has 1 unspecified atom stereocenters. The third-order valence-electron chi connectivity index (χ3n) is 4.39. The van der Waals surface area contributed by atoms with Crippen molar-refractivity contribution in [2.75, 3.05) is 5.01 Å². The third kappa shape index (κ3) is 3.03. The molecule has 1 atom stereocenters. The first kappa shape index (κ1) is 16.3. The minimum Gasteiger partial charge on any atom is -0.508 e. The fraction of sp³-hybridized carbons (Fsp3) is 0.263. The molecule has 0 spiro atoms. The average Bonchev–Trinajstić information content (AvgIpc) is 3.20. The smallest absolute Gasteiger partial charge is 0.153 e. The molecule has 132 valence electrons. The van der Waals surface area contributed by atoms with Crippen molar-refractivity contribution >= 4 is 11.5 Å². The molecule has 0 saturated heterocycles. The Hall–Kier alpha value is -3.22. The lowest BCUT2D eigenvalue weighted by Crippen LogP contribution is -2.20. The molecule has 1 aliphatic heterocycles. The lowest BCUT2D eigenvalue weighted by Gasteiger charge is -2.22. The van der Waals surface area contributed by atoms with Gasteiger partial charge in [0.05, 0.1) is 18.0 Å². The van der Waals surface area contributed by atoms with Crippen molar-refractivity contribution in [3.8, 4) is 5.75 Å². The summed E-state index contributed by atoms with van der Waals surface area (Å²) >= 11 is 0. The molecule has 0 saturated carbocycles. The highest BCUT2D eigenvalue weighted by Crippen LogP contribution is 2.36. The lowest BCUT2D eigenvalue weighted by molar-refractivity contribution is 0.475. The molecule has 1 N–H and O–H groups in total. The number of phenolic OH excluding ortho intramolecular Hbond substituents is 1. The van der Waals surface area contributed by atoms with Gasteiger partial charge in [-0.2, -0.15) is 10.2 Å². The normalized spacial score (nSPS) is 16.8. The molecule has 1 aliphatic rings. The van der Waals surface area contributed by atoms with E-state index in [4.69, 9.17) is 5.10 Å². The number of hydrogen-bond acceptors (Lipinski definition) is 6. The van der Waals surface area contributed by atoms with Crippen LogP contribution in [0.15, 0.2) is 47.8 Å². The Balaban J connectivity index is 1.79. The van der Waals surface area contributed by atoms with Crippen LogP contribution in [0.1, 0.15) is 35.1 Å². The van der Waals surface area contributed by atoms with Crippen molar-refractivity contribution in [3.63, 3.8) is 0 Å². The summed E-state index contributed by atoms with van der Waals surface area (Å²) in [5.41, 5.74) is 3.78. The van der Waals surface area contributed by atoms with E-state index in [1.54, 1.807) is 16.8 Å². The standard InChI is InChI=1S/C19H20N6O/c1-12-7-19(22-13(2)21-12)25-18(15-10-20-24(3)11-15)9-17(23-25)14-5-4-6-16(26)8-14/h4-8,10-11,18,26H,9H2,1-3H3. The van der Waals surface area contributed by atoms with Crippen LogP contribution < -0.4 is 5.01 Å². The van der Waals surface area contributed by atoms with Crippen LogP contribution in [0.2, 0.25) is 0 Å². The highest BCUT2D eigenvalue weighted by Gasteiger charge is 2.32. The van der Waals surface area contributed by atoms with Crippen molar-refractivity contribution in [2.45, 2.75) is 26.3 Å². The van der Waals surface area contributed by atoms with Gasteiger partial charge in [0.15, 0.2) is 5.82 Å². The topological polar surface area (TPSA) is 79.4 Å². The van der Waals surface area contributed by atoms with E-state index in [-0.39, 0.29) is 11.8 Å². The summed E-state index contributed by atoms with van der Waals surface area (Å²) < 4.78 is 1.79. The van der Waals surface area contributed by atoms with Crippen LogP contribution in [0.5, 0.6) is 5.75 Å². The van der Waals surface area contributed by atoms with Crippen molar-refractivity contribution in [3.05, 3.63) is 65.4 Å². The van der Waals surface area contributed by atoms with Gasteiger partial charge in [-0.05, 0) is 26.0 Å². The molecule has 7 heteroatoms. The molecule has 3 aromatic rings. The second kappa shape index (κ2) is 6.25. The van der Waals surface area contributed by atoms with Gasteiger partial charge in [0.1, 0.15) is 11.6 Å². The number of nitrogens with zero attached hydrogens (tertiary/aromatic N) is 6. The molecule has 2 aromatic heterocycles. The van der Waals surface area contributed by atoms with Crippen LogP contribution in [0.25, 0.3) is 0 Å². The van der Waals surface area contributed by atoms with E-state index >= 15 is 0 Å². The molecule has 1 aromatic carbocycles. The van der Waals surface area contributed by atoms with E-state index in [1.165, 1.54) is 0 Å². The highest BCUT2D eigenvalue weighted by atomic mass is 16.3. The van der Waals surface area contributed by atoms with Gasteiger partial charge in [-0.25, -0.2) is 15.0 Å². The van der Waals surface area contributed by atoms with Gasteiger partial charge < -0.3 is 5.11 Å². The number of hydrazone groups is 1. The fourth-order valence-electron chi connectivity index (χ4n) is 3.27. The molecule has 0 bridgehead atoms. The largest absolute Gasteiger partial charge is 0.508 e. The van der Waals surface area contributed by atoms with E-state index < -0.39 is 0 Å². The zero-order chi connectivity index (χ0) is 18.3. The molecule has 7 nitrogen and oxygen atoms in total. The summed E-state index contributed by atoms with van der Waals surface area (Å²) in [7, 11) is 1.90. The lowest BCUT2D eigenvalue weighted by atomic mass is 10.0. The van der Waals surface area contributed by atoms with Crippen LogP contribution >= 0.6 is 0 Å². The van der Waals surface area contributed by atoms with E-state index in [0.717, 1.165) is 28.4 Å². The van der Waals surface area contributed by atoms with Crippen molar-refractivity contribution in [1.29, 1.82) is 0 Å². The molecule has 3 heterocycles. The van der Waals surface area contributed by atoms with Gasteiger partial charge >= 0.3 is 0 Å². The predicted molar refractivity (Wildman–Crippen MR) is 99.2 cm³/mol. The van der Waals surface area contributed by atoms with Crippen LogP contribution in [-0.2, 0) is 7.05 Å². The van der Waals surface area contributed by atoms with Crippen molar-refractivity contribution < 1.29 is 5.11 Å². The van der Waals surface area contributed by atoms with Crippen LogP contribution in [0.4, 0.5) is 5.82 Å². The summed E-state index contributed by atoms with van der Waals surface area (Å²) in [4.78, 5) is 8.94. The van der Waals surface area contributed by atoms with Crippen LogP contribution in [0, 0.1) is 13.8 Å². The summed E-state index contributed by atoms with van der Waals surface area (Å²) in [6.07, 6.45) is 4.57. The van der Waals surface area contributed by atoms with Gasteiger partial charge in [-0.1, -0.05) is 12.1 Å². The van der Waals surface area contributed by atoms with E-state index in [0.29, 0.717) is 12.2 Å². The maximum atomic E-state index is 9.81. The monoisotopic (exact) mass is 348 g/mol. The predicted octanol–water partition coefficient (Wildman–Crippen LogP) is 2.89. The van der Waals surface area contributed by atoms with Gasteiger partial charge in [0.2, 0.25) is 0 Å². The maximum absolute atomic E-state index is 9.81. The number of hydrogen-bond donors (Lipinski definition) is 1. The first-order valence-corrected chi connectivity index (χ1v) is 8.46. The van der Waals surface area contributed by atoms with E-state index in [2.05, 4.69) is 15.1 Å². The summed E-state index contributed by atoms with van der Waals surface area (Å²) in [5.74, 6) is 1.71. The summed E-state index contributed by atoms with van der Waals surface area (Å²) in [5, 5.41) is 20.9. The SMILES string of the molecule is Cc1cc(N2N=C(c3cccc(O)c3)CC2c2cnn(C)c2)nc(C)n1. The Morgan fingerprint density at radius 1 is 1.15 bits per heavy atom. The average molecular weight is 348 g/mol. The Morgan fingerprint density at radius 2 is 2.00 bits per heavy atom. The zero-order valence-electron chi connectivity index (χ0n) is 15.0. The van der Waals surface area contributed by atoms with Crippen LogP contribution in [0.3, 0.4) is 0 Å². The second-order valence-electron chi connectivity index (χ2n) is 6.52. The van der Waals surface area contributed by atoms with E-state index in [1.807, 2.05) is 56.5 Å². The van der Waals surface area contributed by atoms with Gasteiger partial charge in [0.25, 0.3) is 0 Å². The molecule has 4 rings (SSSR count). The number of aromatic hydroxyl groups is 1. The Labute approximate surface area is 151 Å². The quantitative estimate of drug-likeness (QED) is 0.787. The summed E-state index contributed by atoms with van der Waals surface area (Å²) in [6, 6.07) is 9.11. The van der Waals surface area contributed by atoms with Gasteiger partial charge in [-0.15, -0.1) is 0 Å². The van der Waals surface area contributed by atoms with Gasteiger partial charge in [0, 0.05) is 42.6 Å². The number of aromatic nitrogens is 4. The van der Waals surface area contributed by atoms with Crippen LogP contribution in [-0.4, -0.2) is 30.6 Å². The number of phenols is 1.